The number of rotatable bonds is 6. The van der Waals surface area contributed by atoms with Gasteiger partial charge >= 0.3 is 0 Å². The van der Waals surface area contributed by atoms with E-state index in [0.717, 1.165) is 39.6 Å². The highest BCUT2D eigenvalue weighted by Crippen LogP contribution is 2.39. The summed E-state index contributed by atoms with van der Waals surface area (Å²) in [4.78, 5) is 5.78. The van der Waals surface area contributed by atoms with E-state index < -0.39 is 0 Å². The summed E-state index contributed by atoms with van der Waals surface area (Å²) in [7, 11) is 0. The number of fused-ring (bicyclic) bond motifs is 1. The molecule has 0 spiro atoms. The third-order valence-electron chi connectivity index (χ3n) is 3.46. The van der Waals surface area contributed by atoms with Gasteiger partial charge in [0.1, 0.15) is 5.15 Å². The molecule has 3 rings (SSSR count). The molecule has 0 aliphatic carbocycles. The molecule has 1 atom stereocenters. The van der Waals surface area contributed by atoms with Crippen LogP contribution in [0.25, 0.3) is 10.2 Å². The number of nitrogens with one attached hydrogen (secondary N) is 2. The first-order chi connectivity index (χ1) is 11.0. The lowest BCUT2D eigenvalue weighted by molar-refractivity contribution is 0.781. The lowest BCUT2D eigenvalue weighted by Gasteiger charge is -2.07. The van der Waals surface area contributed by atoms with Gasteiger partial charge in [-0.05, 0) is 25.3 Å². The fourth-order valence-electron chi connectivity index (χ4n) is 2.29. The Morgan fingerprint density at radius 2 is 2.22 bits per heavy atom. The van der Waals surface area contributed by atoms with Crippen LogP contribution in [0.5, 0.6) is 0 Å². The van der Waals surface area contributed by atoms with E-state index in [0.29, 0.717) is 5.15 Å². The summed E-state index contributed by atoms with van der Waals surface area (Å²) < 4.78 is 1.12. The standard InChI is InChI=1S/C16H19ClN4S2/c1-9(18)7-20-16-10(2)14-15(23-16)12(6-13(17)21-14)19-8-11-4-3-5-22-11/h3-6,9,20H,7-8,18H2,1-2H3,(H,19,21)/t9-/m0/s1. The largest absolute Gasteiger partial charge is 0.379 e. The predicted octanol–water partition coefficient (Wildman–Crippen LogP) is 4.69. The van der Waals surface area contributed by atoms with Crippen molar-refractivity contribution >= 4 is 55.2 Å². The zero-order valence-corrected chi connectivity index (χ0v) is 15.4. The molecule has 3 aromatic heterocycles. The van der Waals surface area contributed by atoms with Crippen molar-refractivity contribution in [1.29, 1.82) is 0 Å². The molecule has 0 saturated heterocycles. The number of pyridine rings is 1. The molecule has 23 heavy (non-hydrogen) atoms. The SMILES string of the molecule is Cc1c(NC[C@H](C)N)sc2c(NCc3cccs3)cc(Cl)nc12. The molecule has 0 aliphatic heterocycles. The van der Waals surface area contributed by atoms with Gasteiger partial charge in [-0.1, -0.05) is 17.7 Å². The second kappa shape index (κ2) is 7.05. The maximum Gasteiger partial charge on any atom is 0.131 e. The van der Waals surface area contributed by atoms with Crippen molar-refractivity contribution in [3.05, 3.63) is 39.2 Å². The average molecular weight is 367 g/mol. The molecule has 4 nitrogen and oxygen atoms in total. The van der Waals surface area contributed by atoms with Crippen molar-refractivity contribution in [3.63, 3.8) is 0 Å². The Labute approximate surface area is 148 Å². The van der Waals surface area contributed by atoms with Gasteiger partial charge in [0.25, 0.3) is 0 Å². The van der Waals surface area contributed by atoms with Crippen LogP contribution in [0, 0.1) is 6.92 Å². The maximum absolute atomic E-state index is 6.21. The van der Waals surface area contributed by atoms with Gasteiger partial charge in [0.05, 0.1) is 20.9 Å². The molecule has 122 valence electrons. The average Bonchev–Trinajstić information content (AvgIpc) is 3.12. The van der Waals surface area contributed by atoms with E-state index in [1.807, 2.05) is 13.0 Å². The Hall–Kier alpha value is -1.34. The van der Waals surface area contributed by atoms with E-state index >= 15 is 0 Å². The smallest absolute Gasteiger partial charge is 0.131 e. The molecule has 0 unspecified atom stereocenters. The number of thiophene rings is 2. The van der Waals surface area contributed by atoms with E-state index in [1.165, 1.54) is 4.88 Å². The zero-order chi connectivity index (χ0) is 16.4. The number of nitrogens with two attached hydrogens (primary N) is 1. The minimum Gasteiger partial charge on any atom is -0.379 e. The predicted molar refractivity (Wildman–Crippen MR) is 103 cm³/mol. The van der Waals surface area contributed by atoms with Crippen LogP contribution < -0.4 is 16.4 Å². The number of anilines is 2. The molecule has 0 amide bonds. The van der Waals surface area contributed by atoms with Gasteiger partial charge in [-0.15, -0.1) is 22.7 Å². The molecule has 0 aromatic carbocycles. The van der Waals surface area contributed by atoms with Crippen molar-refractivity contribution in [3.8, 4) is 0 Å². The first-order valence-electron chi connectivity index (χ1n) is 7.40. The lowest BCUT2D eigenvalue weighted by atomic mass is 10.2. The lowest BCUT2D eigenvalue weighted by Crippen LogP contribution is -2.25. The molecule has 0 saturated carbocycles. The van der Waals surface area contributed by atoms with Gasteiger partial charge in [-0.2, -0.15) is 0 Å². The third kappa shape index (κ3) is 3.77. The molecule has 0 bridgehead atoms. The highest BCUT2D eigenvalue weighted by molar-refractivity contribution is 7.23. The Morgan fingerprint density at radius 3 is 2.91 bits per heavy atom. The van der Waals surface area contributed by atoms with Crippen molar-refractivity contribution in [2.24, 2.45) is 5.73 Å². The third-order valence-corrected chi connectivity index (χ3v) is 5.80. The number of hydrogen-bond donors (Lipinski definition) is 3. The first kappa shape index (κ1) is 16.5. The molecule has 0 fully saturated rings. The maximum atomic E-state index is 6.21. The fraction of sp³-hybridized carbons (Fsp3) is 0.312. The Morgan fingerprint density at radius 1 is 1.39 bits per heavy atom. The van der Waals surface area contributed by atoms with Crippen LogP contribution in [0.15, 0.2) is 23.6 Å². The molecule has 7 heteroatoms. The van der Waals surface area contributed by atoms with Crippen LogP contribution in [-0.2, 0) is 6.54 Å². The quantitative estimate of drug-likeness (QED) is 0.554. The van der Waals surface area contributed by atoms with Crippen LogP contribution >= 0.6 is 34.3 Å². The second-order valence-corrected chi connectivity index (χ2v) is 7.96. The molecule has 0 radical (unpaired) electrons. The molecule has 4 N–H and O–H groups in total. The molecule has 3 aromatic rings. The molecule has 0 aliphatic rings. The number of nitrogens with zero attached hydrogens (tertiary/aromatic N) is 1. The minimum absolute atomic E-state index is 0.104. The van der Waals surface area contributed by atoms with Crippen LogP contribution in [-0.4, -0.2) is 17.6 Å². The van der Waals surface area contributed by atoms with Gasteiger partial charge in [0.15, 0.2) is 0 Å². The minimum atomic E-state index is 0.104. The number of hydrogen-bond acceptors (Lipinski definition) is 6. The summed E-state index contributed by atoms with van der Waals surface area (Å²) in [6, 6.07) is 6.17. The highest BCUT2D eigenvalue weighted by atomic mass is 35.5. The topological polar surface area (TPSA) is 63.0 Å². The normalized spacial score (nSPS) is 12.5. The summed E-state index contributed by atoms with van der Waals surface area (Å²) in [6.45, 7) is 5.57. The summed E-state index contributed by atoms with van der Waals surface area (Å²) in [6.07, 6.45) is 0. The van der Waals surface area contributed by atoms with Crippen LogP contribution in [0.3, 0.4) is 0 Å². The fourth-order valence-corrected chi connectivity index (χ4v) is 4.28. The van der Waals surface area contributed by atoms with Gasteiger partial charge in [0.2, 0.25) is 0 Å². The Balaban J connectivity index is 1.92. The summed E-state index contributed by atoms with van der Waals surface area (Å²) in [5.41, 5.74) is 8.92. The second-order valence-electron chi connectivity index (χ2n) is 5.52. The first-order valence-corrected chi connectivity index (χ1v) is 9.47. The van der Waals surface area contributed by atoms with E-state index in [2.05, 4.69) is 40.1 Å². The number of aryl methyl sites for hydroxylation is 1. The van der Waals surface area contributed by atoms with Gasteiger partial charge < -0.3 is 16.4 Å². The van der Waals surface area contributed by atoms with Crippen LogP contribution in [0.4, 0.5) is 10.7 Å². The van der Waals surface area contributed by atoms with Crippen molar-refractivity contribution in [2.75, 3.05) is 17.2 Å². The number of aromatic nitrogens is 1. The Bertz CT molecular complexity index is 796. The van der Waals surface area contributed by atoms with Gasteiger partial charge in [-0.3, -0.25) is 0 Å². The van der Waals surface area contributed by atoms with Crippen LogP contribution in [0.2, 0.25) is 5.15 Å². The highest BCUT2D eigenvalue weighted by Gasteiger charge is 2.14. The zero-order valence-electron chi connectivity index (χ0n) is 13.0. The monoisotopic (exact) mass is 366 g/mol. The summed E-state index contributed by atoms with van der Waals surface area (Å²) >= 11 is 9.64. The molecule has 3 heterocycles. The van der Waals surface area contributed by atoms with Crippen molar-refractivity contribution in [2.45, 2.75) is 26.4 Å². The number of halogens is 1. The van der Waals surface area contributed by atoms with E-state index in [9.17, 15) is 0 Å². The van der Waals surface area contributed by atoms with E-state index in [1.54, 1.807) is 22.7 Å². The van der Waals surface area contributed by atoms with Gasteiger partial charge in [-0.25, -0.2) is 4.98 Å². The van der Waals surface area contributed by atoms with Crippen LogP contribution in [0.1, 0.15) is 17.4 Å². The van der Waals surface area contributed by atoms with E-state index in [4.69, 9.17) is 17.3 Å². The van der Waals surface area contributed by atoms with Gasteiger partial charge in [0, 0.05) is 35.6 Å². The molecular formula is C16H19ClN4S2. The summed E-state index contributed by atoms with van der Waals surface area (Å²) in [5, 5.41) is 10.6. The Kier molecular flexibility index (Phi) is 5.06. The van der Waals surface area contributed by atoms with E-state index in [-0.39, 0.29) is 6.04 Å². The van der Waals surface area contributed by atoms with Crippen molar-refractivity contribution < 1.29 is 0 Å². The molecular weight excluding hydrogens is 348 g/mol. The van der Waals surface area contributed by atoms with Crippen molar-refractivity contribution in [1.82, 2.24) is 4.98 Å². The summed E-state index contributed by atoms with van der Waals surface area (Å²) in [5.74, 6) is 0.